The average Bonchev–Trinajstić information content (AvgIpc) is 2.61. The fraction of sp³-hybridized carbons (Fsp3) is 0.286. The molecule has 0 aliphatic carbocycles. The molecule has 144 valence electrons. The second-order valence-corrected chi connectivity index (χ2v) is 9.00. The molecule has 0 saturated heterocycles. The number of rotatable bonds is 5. The SMILES string of the molecule is COC(=O)/C(=C/N(C(C)(C)C)S(=O)(=O)c1ccc(C)cc1)c1ccccc1. The smallest absolute Gasteiger partial charge is 0.339 e. The maximum Gasteiger partial charge on any atom is 0.339 e. The van der Waals surface area contributed by atoms with Gasteiger partial charge in [0.05, 0.1) is 17.6 Å². The first-order chi connectivity index (χ1) is 12.6. The van der Waals surface area contributed by atoms with Crippen molar-refractivity contribution in [3.63, 3.8) is 0 Å². The number of esters is 1. The van der Waals surface area contributed by atoms with Crippen LogP contribution in [-0.4, -0.2) is 31.3 Å². The molecule has 2 rings (SSSR count). The molecule has 6 heteroatoms. The lowest BCUT2D eigenvalue weighted by Gasteiger charge is -2.34. The normalized spacial score (nSPS) is 12.6. The Morgan fingerprint density at radius 3 is 2.04 bits per heavy atom. The Morgan fingerprint density at radius 2 is 1.56 bits per heavy atom. The van der Waals surface area contributed by atoms with Crippen molar-refractivity contribution in [1.29, 1.82) is 0 Å². The number of benzene rings is 2. The van der Waals surface area contributed by atoms with Crippen LogP contribution in [0.4, 0.5) is 0 Å². The van der Waals surface area contributed by atoms with Gasteiger partial charge in [-0.15, -0.1) is 0 Å². The van der Waals surface area contributed by atoms with Gasteiger partial charge in [-0.3, -0.25) is 4.31 Å². The van der Waals surface area contributed by atoms with Gasteiger partial charge in [0.2, 0.25) is 0 Å². The molecule has 27 heavy (non-hydrogen) atoms. The van der Waals surface area contributed by atoms with E-state index in [0.29, 0.717) is 5.56 Å². The van der Waals surface area contributed by atoms with Crippen molar-refractivity contribution >= 4 is 21.6 Å². The number of hydrogen-bond donors (Lipinski definition) is 0. The van der Waals surface area contributed by atoms with Gasteiger partial charge in [-0.25, -0.2) is 13.2 Å². The van der Waals surface area contributed by atoms with Crippen LogP contribution in [0.25, 0.3) is 5.57 Å². The van der Waals surface area contributed by atoms with E-state index in [1.807, 2.05) is 13.0 Å². The molecule has 0 spiro atoms. The number of hydrogen-bond acceptors (Lipinski definition) is 4. The van der Waals surface area contributed by atoms with Crippen molar-refractivity contribution in [2.75, 3.05) is 7.11 Å². The highest BCUT2D eigenvalue weighted by Crippen LogP contribution is 2.28. The monoisotopic (exact) mass is 387 g/mol. The third-order valence-corrected chi connectivity index (χ3v) is 6.01. The van der Waals surface area contributed by atoms with Crippen LogP contribution in [0, 0.1) is 6.92 Å². The van der Waals surface area contributed by atoms with Gasteiger partial charge in [-0.1, -0.05) is 48.0 Å². The minimum Gasteiger partial charge on any atom is -0.465 e. The summed E-state index contributed by atoms with van der Waals surface area (Å²) in [5, 5.41) is 0. The minimum absolute atomic E-state index is 0.163. The van der Waals surface area contributed by atoms with Crippen LogP contribution in [0.1, 0.15) is 31.9 Å². The summed E-state index contributed by atoms with van der Waals surface area (Å²) in [6.07, 6.45) is 1.36. The van der Waals surface area contributed by atoms with Crippen molar-refractivity contribution in [3.05, 3.63) is 71.9 Å². The number of methoxy groups -OCH3 is 1. The molecule has 0 atom stereocenters. The summed E-state index contributed by atoms with van der Waals surface area (Å²) >= 11 is 0. The Labute approximate surface area is 161 Å². The van der Waals surface area contributed by atoms with Crippen LogP contribution < -0.4 is 0 Å². The van der Waals surface area contributed by atoms with E-state index >= 15 is 0 Å². The quantitative estimate of drug-likeness (QED) is 0.575. The second kappa shape index (κ2) is 7.96. The van der Waals surface area contributed by atoms with Crippen LogP contribution in [0.5, 0.6) is 0 Å². The Kier molecular flexibility index (Phi) is 6.11. The molecule has 2 aromatic carbocycles. The number of carbonyl (C=O) groups is 1. The summed E-state index contributed by atoms with van der Waals surface area (Å²) in [4.78, 5) is 12.5. The van der Waals surface area contributed by atoms with Gasteiger partial charge in [0.25, 0.3) is 10.0 Å². The first kappa shape index (κ1) is 20.7. The van der Waals surface area contributed by atoms with Gasteiger partial charge in [0.15, 0.2) is 0 Å². The van der Waals surface area contributed by atoms with Gasteiger partial charge < -0.3 is 4.74 Å². The summed E-state index contributed by atoms with van der Waals surface area (Å²) in [7, 11) is -2.60. The van der Waals surface area contributed by atoms with E-state index < -0.39 is 21.5 Å². The highest BCUT2D eigenvalue weighted by atomic mass is 32.2. The molecule has 0 radical (unpaired) electrons. The van der Waals surface area contributed by atoms with E-state index in [2.05, 4.69) is 0 Å². The van der Waals surface area contributed by atoms with Crippen LogP contribution in [-0.2, 0) is 19.6 Å². The fourth-order valence-electron chi connectivity index (χ4n) is 2.54. The van der Waals surface area contributed by atoms with E-state index in [0.717, 1.165) is 5.56 Å². The molecule has 0 unspecified atom stereocenters. The predicted octanol–water partition coefficient (Wildman–Crippen LogP) is 4.00. The maximum atomic E-state index is 13.3. The third-order valence-electron chi connectivity index (χ3n) is 3.98. The topological polar surface area (TPSA) is 63.7 Å². The molecule has 0 bridgehead atoms. The van der Waals surface area contributed by atoms with Crippen LogP contribution in [0.3, 0.4) is 0 Å². The summed E-state index contributed by atoms with van der Waals surface area (Å²) in [5.74, 6) is -0.602. The molecule has 0 saturated carbocycles. The Hall–Kier alpha value is -2.60. The summed E-state index contributed by atoms with van der Waals surface area (Å²) in [5.41, 5.74) is 0.922. The lowest BCUT2D eigenvalue weighted by molar-refractivity contribution is -0.133. The molecule has 0 aliphatic heterocycles. The zero-order valence-corrected chi connectivity index (χ0v) is 17.1. The molecule has 0 aliphatic rings. The maximum absolute atomic E-state index is 13.3. The molecule has 0 amide bonds. The lowest BCUT2D eigenvalue weighted by Crippen LogP contribution is -2.42. The first-order valence-electron chi connectivity index (χ1n) is 8.54. The van der Waals surface area contributed by atoms with E-state index in [1.165, 1.54) is 17.6 Å². The van der Waals surface area contributed by atoms with Crippen LogP contribution in [0.15, 0.2) is 65.7 Å². The van der Waals surface area contributed by atoms with Crippen molar-refractivity contribution in [1.82, 2.24) is 4.31 Å². The Morgan fingerprint density at radius 1 is 1.00 bits per heavy atom. The second-order valence-electron chi connectivity index (χ2n) is 7.19. The third kappa shape index (κ3) is 4.77. The van der Waals surface area contributed by atoms with Gasteiger partial charge in [-0.05, 0) is 45.4 Å². The van der Waals surface area contributed by atoms with Crippen molar-refractivity contribution in [2.45, 2.75) is 38.1 Å². The van der Waals surface area contributed by atoms with Gasteiger partial charge in [0.1, 0.15) is 0 Å². The van der Waals surface area contributed by atoms with Gasteiger partial charge in [0, 0.05) is 11.7 Å². The highest BCUT2D eigenvalue weighted by Gasteiger charge is 2.33. The minimum atomic E-state index is -3.87. The zero-order chi connectivity index (χ0) is 20.2. The number of aryl methyl sites for hydroxylation is 1. The zero-order valence-electron chi connectivity index (χ0n) is 16.3. The van der Waals surface area contributed by atoms with Crippen LogP contribution >= 0.6 is 0 Å². The number of ether oxygens (including phenoxy) is 1. The fourth-order valence-corrected chi connectivity index (χ4v) is 4.21. The summed E-state index contributed by atoms with van der Waals surface area (Å²) < 4.78 is 32.7. The number of sulfonamides is 1. The Balaban J connectivity index is 2.66. The summed E-state index contributed by atoms with van der Waals surface area (Å²) in [6, 6.07) is 15.5. The molecule has 5 nitrogen and oxygen atoms in total. The van der Waals surface area contributed by atoms with Crippen molar-refractivity contribution in [3.8, 4) is 0 Å². The molecule has 2 aromatic rings. The molecule has 0 fully saturated rings. The van der Waals surface area contributed by atoms with E-state index in [-0.39, 0.29) is 10.5 Å². The average molecular weight is 388 g/mol. The highest BCUT2D eigenvalue weighted by molar-refractivity contribution is 7.89. The standard InChI is InChI=1S/C21H25NO4S/c1-16-11-13-18(14-12-16)27(24,25)22(21(2,3)4)15-19(20(23)26-5)17-9-7-6-8-10-17/h6-15H,1-5H3/b19-15+. The van der Waals surface area contributed by atoms with E-state index in [9.17, 15) is 13.2 Å². The number of carbonyl (C=O) groups excluding carboxylic acids is 1. The van der Waals surface area contributed by atoms with Crippen molar-refractivity contribution < 1.29 is 17.9 Å². The largest absolute Gasteiger partial charge is 0.465 e. The molecular formula is C21H25NO4S. The van der Waals surface area contributed by atoms with Gasteiger partial charge in [-0.2, -0.15) is 0 Å². The van der Waals surface area contributed by atoms with E-state index in [1.54, 1.807) is 69.3 Å². The Bertz CT molecular complexity index is 924. The van der Waals surface area contributed by atoms with Crippen LogP contribution in [0.2, 0.25) is 0 Å². The molecule has 0 N–H and O–H groups in total. The molecular weight excluding hydrogens is 362 g/mol. The van der Waals surface area contributed by atoms with Gasteiger partial charge >= 0.3 is 5.97 Å². The van der Waals surface area contributed by atoms with E-state index in [4.69, 9.17) is 4.74 Å². The lowest BCUT2D eigenvalue weighted by atomic mass is 10.1. The molecule has 0 aromatic heterocycles. The predicted molar refractivity (Wildman–Crippen MR) is 106 cm³/mol. The summed E-state index contributed by atoms with van der Waals surface area (Å²) in [6.45, 7) is 7.21. The first-order valence-corrected chi connectivity index (χ1v) is 9.98. The molecule has 0 heterocycles. The van der Waals surface area contributed by atoms with Crippen molar-refractivity contribution in [2.24, 2.45) is 0 Å². The number of nitrogens with zero attached hydrogens (tertiary/aromatic N) is 1.